The normalized spacial score (nSPS) is 12.2. The summed E-state index contributed by atoms with van der Waals surface area (Å²) in [6, 6.07) is 0. The van der Waals surface area contributed by atoms with Gasteiger partial charge in [0.25, 0.3) is 0 Å². The van der Waals surface area contributed by atoms with Crippen LogP contribution in [-0.4, -0.2) is 36.4 Å². The Morgan fingerprint density at radius 2 is 0.500 bits per heavy atom. The highest BCUT2D eigenvalue weighted by atomic mass is 16.6. The van der Waals surface area contributed by atoms with Gasteiger partial charge in [-0.25, -0.2) is 0 Å². The summed E-state index contributed by atoms with van der Waals surface area (Å²) in [5.41, 5.74) is 0. The molecule has 0 amide bonds. The van der Waals surface area contributed by atoms with Crippen LogP contribution in [0.15, 0.2) is 24.3 Å². The highest BCUT2D eigenvalue weighted by molar-refractivity contribution is 5.70. The van der Waals surface area contributed by atoms with Crippen LogP contribution in [0.5, 0.6) is 0 Å². The number of hydrogen-bond acceptors (Lipinski definition) is 5. The number of carbonyl (C=O) groups is 2. The monoisotopic (exact) mass is 1130 g/mol. The van der Waals surface area contributed by atoms with Crippen LogP contribution in [0.1, 0.15) is 425 Å². The molecule has 0 fully saturated rings. The van der Waals surface area contributed by atoms with E-state index in [2.05, 4.69) is 38.2 Å². The number of aliphatic hydroxyl groups excluding tert-OH is 1. The first-order valence-electron chi connectivity index (χ1n) is 36.9. The van der Waals surface area contributed by atoms with E-state index < -0.39 is 6.10 Å². The second kappa shape index (κ2) is 71.6. The fourth-order valence-corrected chi connectivity index (χ4v) is 11.7. The summed E-state index contributed by atoms with van der Waals surface area (Å²) in [6.45, 7) is 4.20. The van der Waals surface area contributed by atoms with Gasteiger partial charge in [0.05, 0.1) is 6.61 Å². The number of allylic oxidation sites excluding steroid dienone is 4. The predicted molar refractivity (Wildman–Crippen MR) is 353 cm³/mol. The van der Waals surface area contributed by atoms with E-state index in [0.717, 1.165) is 38.5 Å². The molecular weight excluding hydrogens is 981 g/mol. The molecule has 0 saturated heterocycles. The van der Waals surface area contributed by atoms with Crippen molar-refractivity contribution in [3.8, 4) is 0 Å². The molecule has 0 aromatic carbocycles. The van der Waals surface area contributed by atoms with E-state index >= 15 is 0 Å². The van der Waals surface area contributed by atoms with Crippen LogP contribution in [0.3, 0.4) is 0 Å². The van der Waals surface area contributed by atoms with Crippen LogP contribution in [-0.2, 0) is 19.1 Å². The van der Waals surface area contributed by atoms with Crippen molar-refractivity contribution in [2.75, 3.05) is 13.2 Å². The van der Waals surface area contributed by atoms with Gasteiger partial charge in [-0.3, -0.25) is 9.59 Å². The minimum absolute atomic E-state index is 0.0582. The van der Waals surface area contributed by atoms with Gasteiger partial charge in [0.1, 0.15) is 6.61 Å². The maximum atomic E-state index is 12.4. The number of hydrogen-bond donors (Lipinski definition) is 1. The quantitative estimate of drug-likeness (QED) is 0.0373. The average Bonchev–Trinajstić information content (AvgIpc) is 3.46. The molecule has 0 aliphatic carbocycles. The van der Waals surface area contributed by atoms with Gasteiger partial charge in [0, 0.05) is 12.8 Å². The predicted octanol–water partition coefficient (Wildman–Crippen LogP) is 25.6. The Balaban J connectivity index is 3.36. The molecule has 0 spiro atoms. The van der Waals surface area contributed by atoms with E-state index in [1.54, 1.807) is 0 Å². The zero-order valence-corrected chi connectivity index (χ0v) is 54.6. The standard InChI is InChI=1S/C75H144O5/c1-3-5-7-9-11-13-15-17-19-21-23-25-27-29-31-33-34-35-36-37-38-39-40-42-43-45-47-49-51-53-55-57-59-61-63-65-67-69-74(77)79-72-73(71-76)80-75(78)70-68-66-64-62-60-58-56-54-52-50-48-46-44-41-32-30-28-26-24-22-20-18-16-14-12-10-8-6-4-2/h16,18,22,24,73,76H,3-15,17,19-21,23,25-72H2,1-2H3/b18-16-,24-22-. The summed E-state index contributed by atoms with van der Waals surface area (Å²) >= 11 is 0. The molecule has 1 N–H and O–H groups in total. The largest absolute Gasteiger partial charge is 0.462 e. The third-order valence-corrected chi connectivity index (χ3v) is 17.2. The highest BCUT2D eigenvalue weighted by Crippen LogP contribution is 2.20. The fourth-order valence-electron chi connectivity index (χ4n) is 11.7. The lowest BCUT2D eigenvalue weighted by atomic mass is 10.0. The van der Waals surface area contributed by atoms with E-state index in [9.17, 15) is 14.7 Å². The van der Waals surface area contributed by atoms with Crippen LogP contribution in [0.25, 0.3) is 0 Å². The maximum Gasteiger partial charge on any atom is 0.306 e. The zero-order chi connectivity index (χ0) is 57.6. The lowest BCUT2D eigenvalue weighted by Crippen LogP contribution is -2.28. The molecule has 80 heavy (non-hydrogen) atoms. The van der Waals surface area contributed by atoms with Gasteiger partial charge in [-0.15, -0.1) is 0 Å². The third kappa shape index (κ3) is 68.9. The summed E-state index contributed by atoms with van der Waals surface area (Å²) in [5.74, 6) is -0.563. The molecule has 0 aromatic rings. The number of unbranched alkanes of at least 4 members (excludes halogenated alkanes) is 58. The van der Waals surface area contributed by atoms with Crippen LogP contribution in [0.2, 0.25) is 0 Å². The van der Waals surface area contributed by atoms with Gasteiger partial charge in [-0.1, -0.05) is 391 Å². The van der Waals surface area contributed by atoms with Gasteiger partial charge in [0.2, 0.25) is 0 Å². The van der Waals surface area contributed by atoms with Crippen molar-refractivity contribution >= 4 is 11.9 Å². The second-order valence-electron chi connectivity index (χ2n) is 25.4. The van der Waals surface area contributed by atoms with E-state index in [4.69, 9.17) is 9.47 Å². The van der Waals surface area contributed by atoms with Crippen molar-refractivity contribution in [1.29, 1.82) is 0 Å². The van der Waals surface area contributed by atoms with Crippen LogP contribution in [0.4, 0.5) is 0 Å². The number of aliphatic hydroxyl groups is 1. The Labute approximate surface area is 502 Å². The van der Waals surface area contributed by atoms with Crippen molar-refractivity contribution in [3.05, 3.63) is 24.3 Å². The number of esters is 2. The lowest BCUT2D eigenvalue weighted by Gasteiger charge is -2.15. The molecule has 5 nitrogen and oxygen atoms in total. The Morgan fingerprint density at radius 1 is 0.287 bits per heavy atom. The Hall–Kier alpha value is -1.62. The third-order valence-electron chi connectivity index (χ3n) is 17.2. The molecule has 0 aromatic heterocycles. The minimum atomic E-state index is -0.769. The second-order valence-corrected chi connectivity index (χ2v) is 25.4. The molecule has 0 radical (unpaired) electrons. The first kappa shape index (κ1) is 78.4. The topological polar surface area (TPSA) is 72.8 Å². The zero-order valence-electron chi connectivity index (χ0n) is 54.6. The summed E-state index contributed by atoms with van der Waals surface area (Å²) in [7, 11) is 0. The van der Waals surface area contributed by atoms with Crippen LogP contribution in [0, 0.1) is 0 Å². The minimum Gasteiger partial charge on any atom is -0.462 e. The van der Waals surface area contributed by atoms with E-state index in [-0.39, 0.29) is 25.2 Å². The van der Waals surface area contributed by atoms with E-state index in [1.807, 2.05) is 0 Å². The summed E-state index contributed by atoms with van der Waals surface area (Å²) in [4.78, 5) is 24.7. The molecule has 0 heterocycles. The molecule has 0 aliphatic rings. The van der Waals surface area contributed by atoms with Gasteiger partial charge in [-0.05, 0) is 44.9 Å². The van der Waals surface area contributed by atoms with Crippen LogP contribution >= 0.6 is 0 Å². The van der Waals surface area contributed by atoms with Crippen molar-refractivity contribution in [1.82, 2.24) is 0 Å². The lowest BCUT2D eigenvalue weighted by molar-refractivity contribution is -0.161. The summed E-state index contributed by atoms with van der Waals surface area (Å²) in [5, 5.41) is 9.71. The number of ether oxygens (including phenoxy) is 2. The molecule has 0 bridgehead atoms. The molecule has 0 saturated carbocycles. The van der Waals surface area contributed by atoms with Gasteiger partial charge >= 0.3 is 11.9 Å². The van der Waals surface area contributed by atoms with Crippen LogP contribution < -0.4 is 0 Å². The molecular formula is C75H144O5. The van der Waals surface area contributed by atoms with E-state index in [1.165, 1.54) is 360 Å². The van der Waals surface area contributed by atoms with Crippen molar-refractivity contribution < 1.29 is 24.2 Å². The smallest absolute Gasteiger partial charge is 0.306 e. The first-order valence-corrected chi connectivity index (χ1v) is 36.9. The first-order chi connectivity index (χ1) is 39.6. The Morgan fingerprint density at radius 3 is 0.738 bits per heavy atom. The SMILES string of the molecule is CCCCCCC/C=C\C/C=C\CCCCCCCCCCCCCCCCCCCC(=O)OC(CO)COC(=O)CCCCCCCCCCCCCCCCCCCCCCCCCCCCCCCCCCCCCCC. The average molecular weight is 1130 g/mol. The summed E-state index contributed by atoms with van der Waals surface area (Å²) < 4.78 is 10.8. The van der Waals surface area contributed by atoms with Gasteiger partial charge in [-0.2, -0.15) is 0 Å². The van der Waals surface area contributed by atoms with Crippen molar-refractivity contribution in [2.24, 2.45) is 0 Å². The van der Waals surface area contributed by atoms with Crippen molar-refractivity contribution in [2.45, 2.75) is 431 Å². The molecule has 1 atom stereocenters. The van der Waals surface area contributed by atoms with Gasteiger partial charge in [0.15, 0.2) is 6.10 Å². The Kier molecular flexibility index (Phi) is 70.2. The maximum absolute atomic E-state index is 12.4. The van der Waals surface area contributed by atoms with E-state index in [0.29, 0.717) is 12.8 Å². The Bertz CT molecular complexity index is 1230. The fraction of sp³-hybridized carbons (Fsp3) is 0.920. The molecule has 474 valence electrons. The van der Waals surface area contributed by atoms with Gasteiger partial charge < -0.3 is 14.6 Å². The summed E-state index contributed by atoms with van der Waals surface area (Å²) in [6.07, 6.45) is 93.9. The number of carbonyl (C=O) groups excluding carboxylic acids is 2. The molecule has 0 aliphatic heterocycles. The van der Waals surface area contributed by atoms with Crippen molar-refractivity contribution in [3.63, 3.8) is 0 Å². The molecule has 1 unspecified atom stereocenters. The molecule has 0 rings (SSSR count). The number of rotatable bonds is 70. The molecule has 5 heteroatoms. The highest BCUT2D eigenvalue weighted by Gasteiger charge is 2.16.